The number of allylic oxidation sites excluding steroid dienone is 2. The summed E-state index contributed by atoms with van der Waals surface area (Å²) in [5.41, 5.74) is -6.55. The number of aromatic hydroxyl groups is 1. The van der Waals surface area contributed by atoms with E-state index < -0.39 is 69.1 Å². The lowest BCUT2D eigenvalue weighted by Gasteiger charge is -2.67. The van der Waals surface area contributed by atoms with Crippen LogP contribution in [0.4, 0.5) is 5.69 Å². The summed E-state index contributed by atoms with van der Waals surface area (Å²) in [6, 6.07) is 5.51. The zero-order valence-electron chi connectivity index (χ0n) is 41.1. The van der Waals surface area contributed by atoms with Crippen LogP contribution in [0.1, 0.15) is 130 Å². The summed E-state index contributed by atoms with van der Waals surface area (Å²) in [5.74, 6) is 0.0340. The Balaban J connectivity index is 1.15. The number of anilines is 1. The molecule has 68 heavy (non-hydrogen) atoms. The van der Waals surface area contributed by atoms with Gasteiger partial charge in [-0.3, -0.25) is 9.59 Å². The van der Waals surface area contributed by atoms with E-state index in [2.05, 4.69) is 46.8 Å². The van der Waals surface area contributed by atoms with Crippen LogP contribution in [0, 0.1) is 69.0 Å². The molecule has 5 aliphatic heterocycles. The largest absolute Gasteiger partial charge is 0.508 e. The molecule has 8 bridgehead atoms. The molecule has 3 spiro atoms. The number of carbonyl (C=O) groups excluding carboxylic acids is 2. The molecule has 11 nitrogen and oxygen atoms in total. The molecule has 1 aromatic rings. The van der Waals surface area contributed by atoms with Gasteiger partial charge in [-0.2, -0.15) is 0 Å². The van der Waals surface area contributed by atoms with Gasteiger partial charge in [0.2, 0.25) is 5.91 Å². The second kappa shape index (κ2) is 17.6. The second-order valence-corrected chi connectivity index (χ2v) is 26.7. The molecule has 7 N–H and O–H groups in total. The van der Waals surface area contributed by atoms with Gasteiger partial charge in [0.1, 0.15) is 23.1 Å². The summed E-state index contributed by atoms with van der Waals surface area (Å²) in [7, 11) is 3.25. The van der Waals surface area contributed by atoms with Gasteiger partial charge in [-0.1, -0.05) is 94.0 Å². The Kier molecular flexibility index (Phi) is 12.9. The Morgan fingerprint density at radius 1 is 0.985 bits per heavy atom. The lowest BCUT2D eigenvalue weighted by atomic mass is 9.38. The van der Waals surface area contributed by atoms with Crippen LogP contribution in [-0.2, 0) is 20.7 Å². The molecule has 17 atom stereocenters. The molecule has 4 saturated carbocycles. The van der Waals surface area contributed by atoms with Gasteiger partial charge in [-0.25, -0.2) is 0 Å². The number of rotatable bonds is 9. The van der Waals surface area contributed by atoms with Crippen molar-refractivity contribution in [3.05, 3.63) is 47.6 Å². The molecule has 11 aliphatic rings. The van der Waals surface area contributed by atoms with E-state index in [9.17, 15) is 35.7 Å². The molecule has 12 rings (SSSR count). The molecule has 0 aromatic heterocycles. The summed E-state index contributed by atoms with van der Waals surface area (Å²) in [4.78, 5) is 33.2. The molecule has 6 aliphatic carbocycles. The summed E-state index contributed by atoms with van der Waals surface area (Å²) in [6.07, 6.45) is 13.0. The predicted octanol–water partition coefficient (Wildman–Crippen LogP) is 7.55. The Bertz CT molecular complexity index is 2200. The standard InChI is InChI=1S/C55H79NO10S2/c1-6-7-8-11-36-26-56-39-20-34(21-40(59)23-39)15-18-52-35-14-10-17-53(64,47-46(66-47)33(4)32(2)3)43(52)16-19-54(52,65)42-24-44(60)50(25-45(61)51(63,30-58)29-49(50,5)41(42)22-35)31-68-67-28-38-13-9-12-37(27-57)55(36,38)48(56)62/h10,14,20-21,23-24,32-33,35-38,41,43,45-47,57-59,61,63-65H,6-9,11-13,15-19,22,25-31H2,1-5H3/t33-,35-,36-,37-,38-,41+,43+,45-,46+,47-,49-,50-,51-,52-,53-,54-,55+/m1/s1. The first-order chi connectivity index (χ1) is 32.3. The predicted molar refractivity (Wildman–Crippen MR) is 266 cm³/mol. The monoisotopic (exact) mass is 978 g/mol. The number of phenols is 1. The molecule has 1 aromatic carbocycles. The molecule has 2 saturated heterocycles. The number of hydrogen-bond acceptors (Lipinski definition) is 12. The smallest absolute Gasteiger partial charge is 0.234 e. The first-order valence-corrected chi connectivity index (χ1v) is 28.9. The van der Waals surface area contributed by atoms with Crippen LogP contribution in [0.2, 0.25) is 0 Å². The van der Waals surface area contributed by atoms with E-state index in [4.69, 9.17) is 4.74 Å². The zero-order valence-corrected chi connectivity index (χ0v) is 42.7. The summed E-state index contributed by atoms with van der Waals surface area (Å²) >= 11 is 0. The van der Waals surface area contributed by atoms with Crippen LogP contribution in [0.15, 0.2) is 42.0 Å². The Labute approximate surface area is 411 Å². The third-order valence-electron chi connectivity index (χ3n) is 21.2. The molecule has 5 heterocycles. The number of fused-ring (bicyclic) bond motifs is 1. The number of carbonyl (C=O) groups is 2. The van der Waals surface area contributed by atoms with Crippen LogP contribution < -0.4 is 4.90 Å². The van der Waals surface area contributed by atoms with Crippen molar-refractivity contribution < 1.29 is 50.1 Å². The maximum atomic E-state index is 15.7. The van der Waals surface area contributed by atoms with Gasteiger partial charge < -0.3 is 45.4 Å². The highest BCUT2D eigenvalue weighted by molar-refractivity contribution is 8.76. The molecule has 376 valence electrons. The van der Waals surface area contributed by atoms with Gasteiger partial charge in [0.05, 0.1) is 35.2 Å². The first-order valence-electron chi connectivity index (χ1n) is 26.4. The molecule has 0 radical (unpaired) electrons. The van der Waals surface area contributed by atoms with Crippen molar-refractivity contribution in [3.8, 4) is 5.75 Å². The topological polar surface area (TPSA) is 192 Å². The lowest BCUT2D eigenvalue weighted by Crippen LogP contribution is -2.71. The SMILES string of the molecule is CCCCC[C@@H]1CN2C(=O)[C@@]13[C@H](CCC[C@@H]3CO)CSSC[C@@]13C[C@@H](O)[C@](O)(CO)C[C@]1(C)[C@H]1C[C@H]4C=CC[C@](O)([C@@H]5O[C@H]5[C@H](C)C(C)C)[C@H]5CC[C@@](O)(C1=CC3=O)[C@]45CCc1cc(O)cc2c1. The molecule has 0 unspecified atom stereocenters. The first kappa shape index (κ1) is 49.6. The van der Waals surface area contributed by atoms with Gasteiger partial charge in [-0.05, 0) is 147 Å². The number of unbranched alkanes of at least 4 members (excludes halogenated alkanes) is 2. The van der Waals surface area contributed by atoms with Crippen molar-refractivity contribution in [1.29, 1.82) is 0 Å². The molecular formula is C55H79NO10S2. The number of amides is 1. The highest BCUT2D eigenvalue weighted by atomic mass is 33.1. The number of hydrogen-bond donors (Lipinski definition) is 7. The summed E-state index contributed by atoms with van der Waals surface area (Å²) in [5, 5.41) is 85.2. The van der Waals surface area contributed by atoms with E-state index in [1.54, 1.807) is 39.8 Å². The maximum Gasteiger partial charge on any atom is 0.234 e. The number of benzene rings is 1. The van der Waals surface area contributed by atoms with E-state index in [-0.39, 0.29) is 72.6 Å². The number of aliphatic hydroxyl groups excluding tert-OH is 3. The molecular weight excluding hydrogens is 899 g/mol. The Morgan fingerprint density at radius 2 is 1.78 bits per heavy atom. The lowest BCUT2D eigenvalue weighted by molar-refractivity contribution is -0.222. The quantitative estimate of drug-likeness (QED) is 0.0558. The third-order valence-corrected chi connectivity index (χ3v) is 23.8. The number of aliphatic hydroxyl groups is 6. The van der Waals surface area contributed by atoms with E-state index in [1.807, 2.05) is 11.0 Å². The van der Waals surface area contributed by atoms with Crippen molar-refractivity contribution >= 4 is 39.0 Å². The van der Waals surface area contributed by atoms with Crippen LogP contribution in [-0.4, -0.2) is 114 Å². The highest BCUT2D eigenvalue weighted by Gasteiger charge is 2.78. The van der Waals surface area contributed by atoms with E-state index in [1.165, 1.54) is 0 Å². The number of ether oxygens (including phenoxy) is 1. The number of epoxide rings is 1. The normalized spacial score (nSPS) is 46.9. The van der Waals surface area contributed by atoms with E-state index in [0.29, 0.717) is 73.8 Å². The van der Waals surface area contributed by atoms with Crippen molar-refractivity contribution in [2.75, 3.05) is 36.2 Å². The minimum atomic E-state index is -1.86. The van der Waals surface area contributed by atoms with Gasteiger partial charge in [0.15, 0.2) is 5.78 Å². The minimum absolute atomic E-state index is 0.0106. The van der Waals surface area contributed by atoms with Crippen molar-refractivity contribution in [1.82, 2.24) is 0 Å². The number of aryl methyl sites for hydroxylation is 1. The number of ketones is 1. The Hall–Kier alpha value is -1.94. The van der Waals surface area contributed by atoms with Crippen molar-refractivity contribution in [2.24, 2.45) is 69.0 Å². The Morgan fingerprint density at radius 3 is 2.51 bits per heavy atom. The van der Waals surface area contributed by atoms with Gasteiger partial charge in [0, 0.05) is 47.7 Å². The van der Waals surface area contributed by atoms with E-state index >= 15 is 9.59 Å². The van der Waals surface area contributed by atoms with Gasteiger partial charge >= 0.3 is 0 Å². The second-order valence-electron chi connectivity index (χ2n) is 24.2. The fourth-order valence-corrected chi connectivity index (χ4v) is 20.5. The highest BCUT2D eigenvalue weighted by Crippen LogP contribution is 2.76. The van der Waals surface area contributed by atoms with Crippen LogP contribution >= 0.6 is 21.6 Å². The van der Waals surface area contributed by atoms with Gasteiger partial charge in [0.25, 0.3) is 0 Å². The average molecular weight is 978 g/mol. The third kappa shape index (κ3) is 6.91. The van der Waals surface area contributed by atoms with Crippen molar-refractivity contribution in [3.63, 3.8) is 0 Å². The van der Waals surface area contributed by atoms with Gasteiger partial charge in [-0.15, -0.1) is 0 Å². The maximum absolute atomic E-state index is 15.7. The van der Waals surface area contributed by atoms with Crippen LogP contribution in [0.5, 0.6) is 5.75 Å². The molecule has 6 fully saturated rings. The summed E-state index contributed by atoms with van der Waals surface area (Å²) in [6.45, 7) is 10.5. The number of phenolic OH excluding ortho intramolecular Hbond substituents is 1. The van der Waals surface area contributed by atoms with Crippen LogP contribution in [0.3, 0.4) is 0 Å². The van der Waals surface area contributed by atoms with E-state index in [0.717, 1.165) is 50.5 Å². The summed E-state index contributed by atoms with van der Waals surface area (Å²) < 4.78 is 6.52. The average Bonchev–Trinajstić information content (AvgIpc) is 4.01. The number of nitrogens with zero attached hydrogens (tertiary/aromatic N) is 1. The van der Waals surface area contributed by atoms with Crippen LogP contribution in [0.25, 0.3) is 0 Å². The zero-order chi connectivity index (χ0) is 48.4. The molecule has 1 amide bonds. The fourth-order valence-electron chi connectivity index (χ4n) is 17.3. The molecule has 13 heteroatoms. The fraction of sp³-hybridized carbons (Fsp3) is 0.782. The minimum Gasteiger partial charge on any atom is -0.508 e. The van der Waals surface area contributed by atoms with Crippen molar-refractivity contribution in [2.45, 2.75) is 166 Å².